The van der Waals surface area contributed by atoms with Crippen LogP contribution < -0.4 is 0 Å². The summed E-state index contributed by atoms with van der Waals surface area (Å²) in [5.74, 6) is 0.679. The third-order valence-corrected chi connectivity index (χ3v) is 3.15. The van der Waals surface area contributed by atoms with Gasteiger partial charge in [0.25, 0.3) is 0 Å². The number of allylic oxidation sites excluding steroid dienone is 1. The lowest BCUT2D eigenvalue weighted by molar-refractivity contribution is 0.619. The van der Waals surface area contributed by atoms with Crippen LogP contribution in [0.3, 0.4) is 0 Å². The maximum absolute atomic E-state index is 5.84. The van der Waals surface area contributed by atoms with Crippen molar-refractivity contribution in [1.82, 2.24) is 4.98 Å². The fourth-order valence-electron chi connectivity index (χ4n) is 2.24. The molecule has 0 fully saturated rings. The van der Waals surface area contributed by atoms with Crippen LogP contribution in [0.4, 0.5) is 0 Å². The average molecular weight is 249 g/mol. The fourth-order valence-corrected chi connectivity index (χ4v) is 2.24. The summed E-state index contributed by atoms with van der Waals surface area (Å²) in [6.07, 6.45) is 2.72. The predicted molar refractivity (Wildman–Crippen MR) is 78.1 cm³/mol. The van der Waals surface area contributed by atoms with Gasteiger partial charge in [-0.05, 0) is 37.1 Å². The van der Waals surface area contributed by atoms with E-state index in [1.807, 2.05) is 30.3 Å². The zero-order chi connectivity index (χ0) is 13.2. The number of oxazole rings is 1. The van der Waals surface area contributed by atoms with Crippen molar-refractivity contribution in [2.24, 2.45) is 0 Å². The van der Waals surface area contributed by atoms with Crippen molar-refractivity contribution in [3.05, 3.63) is 66.2 Å². The van der Waals surface area contributed by atoms with E-state index in [0.29, 0.717) is 5.89 Å². The number of rotatable bonds is 3. The quantitative estimate of drug-likeness (QED) is 0.637. The molecule has 0 saturated carbocycles. The Morgan fingerprint density at radius 2 is 2.05 bits per heavy atom. The van der Waals surface area contributed by atoms with Gasteiger partial charge in [0.05, 0.1) is 0 Å². The standard InChI is InChI=1S/C17H15NO/c1-3-6-13-11-12(2)9-10-14(13)17-18-15-7-4-5-8-16(15)19-17/h3-5,7-11H,1,6H2,2H3. The Labute approximate surface area is 112 Å². The number of aryl methyl sites for hydroxylation is 1. The van der Waals surface area contributed by atoms with Gasteiger partial charge in [0.15, 0.2) is 5.58 Å². The summed E-state index contributed by atoms with van der Waals surface area (Å²) in [7, 11) is 0. The van der Waals surface area contributed by atoms with Gasteiger partial charge >= 0.3 is 0 Å². The van der Waals surface area contributed by atoms with E-state index in [4.69, 9.17) is 4.42 Å². The van der Waals surface area contributed by atoms with Crippen molar-refractivity contribution in [3.63, 3.8) is 0 Å². The van der Waals surface area contributed by atoms with Gasteiger partial charge in [-0.15, -0.1) is 6.58 Å². The third kappa shape index (κ3) is 2.17. The number of fused-ring (bicyclic) bond motifs is 1. The molecule has 94 valence electrons. The molecule has 0 aliphatic carbocycles. The van der Waals surface area contributed by atoms with Gasteiger partial charge in [0.1, 0.15) is 5.52 Å². The molecule has 0 aliphatic rings. The summed E-state index contributed by atoms with van der Waals surface area (Å²) in [5, 5.41) is 0. The van der Waals surface area contributed by atoms with Crippen molar-refractivity contribution in [1.29, 1.82) is 0 Å². The first-order valence-electron chi connectivity index (χ1n) is 6.34. The van der Waals surface area contributed by atoms with E-state index in [1.165, 1.54) is 11.1 Å². The van der Waals surface area contributed by atoms with E-state index in [9.17, 15) is 0 Å². The molecule has 3 rings (SSSR count). The van der Waals surface area contributed by atoms with Crippen LogP contribution in [0.25, 0.3) is 22.6 Å². The molecule has 1 aromatic heterocycles. The van der Waals surface area contributed by atoms with E-state index in [2.05, 4.69) is 36.7 Å². The van der Waals surface area contributed by atoms with Crippen LogP contribution >= 0.6 is 0 Å². The number of benzene rings is 2. The minimum absolute atomic E-state index is 0.679. The maximum atomic E-state index is 5.84. The summed E-state index contributed by atoms with van der Waals surface area (Å²) in [5.41, 5.74) is 5.19. The van der Waals surface area contributed by atoms with Gasteiger partial charge in [0, 0.05) is 5.56 Å². The van der Waals surface area contributed by atoms with E-state index < -0.39 is 0 Å². The highest BCUT2D eigenvalue weighted by Crippen LogP contribution is 2.28. The molecular formula is C17H15NO. The van der Waals surface area contributed by atoms with Crippen molar-refractivity contribution in [2.45, 2.75) is 13.3 Å². The smallest absolute Gasteiger partial charge is 0.227 e. The predicted octanol–water partition coefficient (Wildman–Crippen LogP) is 4.53. The molecule has 0 atom stereocenters. The molecule has 0 spiro atoms. The van der Waals surface area contributed by atoms with E-state index in [1.54, 1.807) is 0 Å². The van der Waals surface area contributed by atoms with E-state index in [-0.39, 0.29) is 0 Å². The van der Waals surface area contributed by atoms with E-state index in [0.717, 1.165) is 23.1 Å². The Kier molecular flexibility index (Phi) is 2.92. The van der Waals surface area contributed by atoms with Crippen LogP contribution in [0.5, 0.6) is 0 Å². The van der Waals surface area contributed by atoms with Crippen molar-refractivity contribution < 1.29 is 4.42 Å². The Bertz CT molecular complexity index is 707. The van der Waals surface area contributed by atoms with Crippen molar-refractivity contribution in [2.75, 3.05) is 0 Å². The molecule has 3 aromatic rings. The van der Waals surface area contributed by atoms with Crippen LogP contribution in [-0.2, 0) is 6.42 Å². The summed E-state index contributed by atoms with van der Waals surface area (Å²) in [6, 6.07) is 14.1. The summed E-state index contributed by atoms with van der Waals surface area (Å²) in [6.45, 7) is 5.90. The zero-order valence-electron chi connectivity index (χ0n) is 10.9. The summed E-state index contributed by atoms with van der Waals surface area (Å²) in [4.78, 5) is 4.55. The third-order valence-electron chi connectivity index (χ3n) is 3.15. The van der Waals surface area contributed by atoms with E-state index >= 15 is 0 Å². The molecule has 0 N–H and O–H groups in total. The second-order valence-electron chi connectivity index (χ2n) is 4.64. The molecule has 0 amide bonds. The Morgan fingerprint density at radius 3 is 2.84 bits per heavy atom. The monoisotopic (exact) mass is 249 g/mol. The van der Waals surface area contributed by atoms with Crippen molar-refractivity contribution in [3.8, 4) is 11.5 Å². The molecule has 2 heteroatoms. The van der Waals surface area contributed by atoms with Crippen LogP contribution in [-0.4, -0.2) is 4.98 Å². The Balaban J connectivity index is 2.17. The normalized spacial score (nSPS) is 10.8. The van der Waals surface area contributed by atoms with Gasteiger partial charge in [-0.25, -0.2) is 4.98 Å². The van der Waals surface area contributed by atoms with Crippen LogP contribution in [0.1, 0.15) is 11.1 Å². The first-order chi connectivity index (χ1) is 9.28. The molecule has 0 bridgehead atoms. The topological polar surface area (TPSA) is 26.0 Å². The highest BCUT2D eigenvalue weighted by atomic mass is 16.3. The molecule has 0 aliphatic heterocycles. The molecule has 19 heavy (non-hydrogen) atoms. The van der Waals surface area contributed by atoms with Crippen LogP contribution in [0.15, 0.2) is 59.5 Å². The van der Waals surface area contributed by atoms with Gasteiger partial charge in [-0.3, -0.25) is 0 Å². The zero-order valence-corrected chi connectivity index (χ0v) is 10.9. The molecule has 0 saturated heterocycles. The largest absolute Gasteiger partial charge is 0.436 e. The van der Waals surface area contributed by atoms with Gasteiger partial charge in [-0.2, -0.15) is 0 Å². The summed E-state index contributed by atoms with van der Waals surface area (Å²) >= 11 is 0. The minimum Gasteiger partial charge on any atom is -0.436 e. The second kappa shape index (κ2) is 4.73. The number of aromatic nitrogens is 1. The molecule has 0 unspecified atom stereocenters. The number of para-hydroxylation sites is 2. The molecule has 2 aromatic carbocycles. The lowest BCUT2D eigenvalue weighted by Gasteiger charge is -2.05. The second-order valence-corrected chi connectivity index (χ2v) is 4.64. The van der Waals surface area contributed by atoms with Gasteiger partial charge in [-0.1, -0.05) is 35.9 Å². The highest BCUT2D eigenvalue weighted by molar-refractivity contribution is 5.76. The highest BCUT2D eigenvalue weighted by Gasteiger charge is 2.11. The van der Waals surface area contributed by atoms with Crippen molar-refractivity contribution >= 4 is 11.1 Å². The lowest BCUT2D eigenvalue weighted by atomic mass is 10.0. The molecule has 1 heterocycles. The average Bonchev–Trinajstić information content (AvgIpc) is 2.82. The number of nitrogens with zero attached hydrogens (tertiary/aromatic N) is 1. The first-order valence-corrected chi connectivity index (χ1v) is 6.34. The Hall–Kier alpha value is -2.35. The van der Waals surface area contributed by atoms with Gasteiger partial charge in [0.2, 0.25) is 5.89 Å². The Morgan fingerprint density at radius 1 is 1.21 bits per heavy atom. The minimum atomic E-state index is 0.679. The maximum Gasteiger partial charge on any atom is 0.227 e. The molecular weight excluding hydrogens is 234 g/mol. The molecule has 0 radical (unpaired) electrons. The van der Waals surface area contributed by atoms with Crippen LogP contribution in [0, 0.1) is 6.92 Å². The fraction of sp³-hybridized carbons (Fsp3) is 0.118. The number of hydrogen-bond donors (Lipinski definition) is 0. The number of hydrogen-bond acceptors (Lipinski definition) is 2. The SMILES string of the molecule is C=CCc1cc(C)ccc1-c1nc2ccccc2o1. The summed E-state index contributed by atoms with van der Waals surface area (Å²) < 4.78 is 5.84. The molecule has 2 nitrogen and oxygen atoms in total. The van der Waals surface area contributed by atoms with Crippen LogP contribution in [0.2, 0.25) is 0 Å². The first kappa shape index (κ1) is 11.7. The van der Waals surface area contributed by atoms with Gasteiger partial charge < -0.3 is 4.42 Å². The lowest BCUT2D eigenvalue weighted by Crippen LogP contribution is -1.89.